The first kappa shape index (κ1) is 21.7. The Bertz CT molecular complexity index is 1000. The monoisotopic (exact) mass is 495 g/mol. The number of nitrogens with one attached hydrogen (secondary N) is 2. The van der Waals surface area contributed by atoms with E-state index in [-0.39, 0.29) is 5.11 Å². The molecular weight excluding hydrogens is 474 g/mol. The highest BCUT2D eigenvalue weighted by molar-refractivity contribution is 9.10. The summed E-state index contributed by atoms with van der Waals surface area (Å²) in [5, 5.41) is 6.34. The molecule has 0 aliphatic heterocycles. The molecule has 0 saturated heterocycles. The Morgan fingerprint density at radius 1 is 1.38 bits per heavy atom. The molecule has 6 nitrogen and oxygen atoms in total. The minimum atomic E-state index is -0.488. The van der Waals surface area contributed by atoms with Crippen molar-refractivity contribution in [3.8, 4) is 5.75 Å². The highest BCUT2D eigenvalue weighted by Crippen LogP contribution is 2.39. The number of benzene rings is 1. The number of anilines is 1. The minimum absolute atomic E-state index is 0.101. The molecule has 0 bridgehead atoms. The Morgan fingerprint density at radius 2 is 2.10 bits per heavy atom. The zero-order valence-electron chi connectivity index (χ0n) is 16.3. The summed E-state index contributed by atoms with van der Waals surface area (Å²) in [7, 11) is 1.51. The molecule has 1 aromatic heterocycles. The number of carbonyl (C=O) groups is 2. The molecule has 1 aromatic carbocycles. The maximum absolute atomic E-state index is 12.8. The van der Waals surface area contributed by atoms with Gasteiger partial charge in [0.05, 0.1) is 18.2 Å². The second-order valence-corrected chi connectivity index (χ2v) is 9.56. The lowest BCUT2D eigenvalue weighted by atomic mass is 9.88. The molecule has 0 spiro atoms. The third-order valence-electron chi connectivity index (χ3n) is 4.90. The van der Waals surface area contributed by atoms with Crippen molar-refractivity contribution < 1.29 is 14.3 Å². The SMILES string of the molecule is COc1c(C)cc(Br)cc1C(=O)NC(=S)Nc1sc2c(c1C(N)=O)CCC(C)C2. The number of hydrogen-bond donors (Lipinski definition) is 3. The van der Waals surface area contributed by atoms with Gasteiger partial charge in [0.25, 0.3) is 11.8 Å². The van der Waals surface area contributed by atoms with E-state index in [4.69, 9.17) is 22.7 Å². The number of carbonyl (C=O) groups excluding carboxylic acids is 2. The third-order valence-corrected chi connectivity index (χ3v) is 6.73. The van der Waals surface area contributed by atoms with Gasteiger partial charge in [-0.1, -0.05) is 22.9 Å². The summed E-state index contributed by atoms with van der Waals surface area (Å²) < 4.78 is 6.12. The highest BCUT2D eigenvalue weighted by Gasteiger charge is 2.27. The number of halogens is 1. The Morgan fingerprint density at radius 3 is 2.76 bits per heavy atom. The van der Waals surface area contributed by atoms with Crippen molar-refractivity contribution >= 4 is 61.4 Å². The van der Waals surface area contributed by atoms with Crippen molar-refractivity contribution in [2.75, 3.05) is 12.4 Å². The number of ether oxygens (including phenoxy) is 1. The molecule has 154 valence electrons. The van der Waals surface area contributed by atoms with Crippen LogP contribution in [0.1, 0.15) is 50.1 Å². The van der Waals surface area contributed by atoms with Crippen molar-refractivity contribution in [3.05, 3.63) is 43.7 Å². The van der Waals surface area contributed by atoms with Crippen LogP contribution in [0.4, 0.5) is 5.00 Å². The second kappa shape index (κ2) is 8.81. The van der Waals surface area contributed by atoms with E-state index in [1.165, 1.54) is 18.4 Å². The fraction of sp³-hybridized carbons (Fsp3) is 0.350. The van der Waals surface area contributed by atoms with E-state index in [0.717, 1.165) is 39.7 Å². The fourth-order valence-corrected chi connectivity index (χ4v) is 5.83. The third kappa shape index (κ3) is 4.62. The van der Waals surface area contributed by atoms with Gasteiger partial charge in [0.2, 0.25) is 0 Å². The van der Waals surface area contributed by atoms with Gasteiger partial charge in [0.15, 0.2) is 5.11 Å². The fourth-order valence-electron chi connectivity index (χ4n) is 3.57. The van der Waals surface area contributed by atoms with Crippen LogP contribution in [0.15, 0.2) is 16.6 Å². The standard InChI is InChI=1S/C20H22BrN3O3S2/c1-9-4-5-12-14(6-9)29-19(15(12)17(22)25)24-20(28)23-18(26)13-8-11(21)7-10(2)16(13)27-3/h7-9H,4-6H2,1-3H3,(H2,22,25)(H2,23,24,26,28). The molecule has 0 radical (unpaired) electrons. The highest BCUT2D eigenvalue weighted by atomic mass is 79.9. The smallest absolute Gasteiger partial charge is 0.261 e. The molecule has 1 atom stereocenters. The number of primary amides is 1. The summed E-state index contributed by atoms with van der Waals surface area (Å²) in [6.07, 6.45) is 2.75. The van der Waals surface area contributed by atoms with Crippen LogP contribution in [-0.4, -0.2) is 24.0 Å². The number of thiophene rings is 1. The lowest BCUT2D eigenvalue weighted by molar-refractivity contribution is 0.0972. The molecule has 1 unspecified atom stereocenters. The van der Waals surface area contributed by atoms with Crippen LogP contribution in [0.3, 0.4) is 0 Å². The number of rotatable bonds is 4. The quantitative estimate of drug-likeness (QED) is 0.553. The molecule has 3 rings (SSSR count). The zero-order valence-corrected chi connectivity index (χ0v) is 19.6. The van der Waals surface area contributed by atoms with Crippen LogP contribution in [0, 0.1) is 12.8 Å². The zero-order chi connectivity index (χ0) is 21.3. The van der Waals surface area contributed by atoms with E-state index in [2.05, 4.69) is 33.5 Å². The van der Waals surface area contributed by atoms with Crippen molar-refractivity contribution in [2.45, 2.75) is 33.1 Å². The molecule has 2 amide bonds. The van der Waals surface area contributed by atoms with E-state index >= 15 is 0 Å². The first-order chi connectivity index (χ1) is 13.7. The average Bonchev–Trinajstić information content (AvgIpc) is 2.97. The Hall–Kier alpha value is -1.97. The Kier molecular flexibility index (Phi) is 6.60. The molecular formula is C20H22BrN3O3S2. The molecule has 4 N–H and O–H groups in total. The van der Waals surface area contributed by atoms with E-state index in [1.54, 1.807) is 6.07 Å². The molecule has 0 fully saturated rings. The van der Waals surface area contributed by atoms with Gasteiger partial charge in [-0.15, -0.1) is 11.3 Å². The van der Waals surface area contributed by atoms with Gasteiger partial charge in [-0.2, -0.15) is 0 Å². The van der Waals surface area contributed by atoms with Gasteiger partial charge in [0.1, 0.15) is 10.8 Å². The maximum atomic E-state index is 12.8. The minimum Gasteiger partial charge on any atom is -0.496 e. The van der Waals surface area contributed by atoms with Gasteiger partial charge in [0, 0.05) is 9.35 Å². The van der Waals surface area contributed by atoms with Crippen LogP contribution in [-0.2, 0) is 12.8 Å². The molecule has 0 saturated carbocycles. The predicted molar refractivity (Wildman–Crippen MR) is 123 cm³/mol. The van der Waals surface area contributed by atoms with Gasteiger partial charge < -0.3 is 15.8 Å². The number of nitrogens with two attached hydrogens (primary N) is 1. The number of methoxy groups -OCH3 is 1. The summed E-state index contributed by atoms with van der Waals surface area (Å²) in [4.78, 5) is 26.0. The van der Waals surface area contributed by atoms with Gasteiger partial charge in [-0.25, -0.2) is 0 Å². The largest absolute Gasteiger partial charge is 0.496 e. The topological polar surface area (TPSA) is 93.4 Å². The Balaban J connectivity index is 1.82. The van der Waals surface area contributed by atoms with Crippen molar-refractivity contribution in [3.63, 3.8) is 0 Å². The molecule has 2 aromatic rings. The Labute approximate surface area is 187 Å². The first-order valence-electron chi connectivity index (χ1n) is 9.12. The number of amides is 2. The summed E-state index contributed by atoms with van der Waals surface area (Å²) in [6.45, 7) is 4.05. The number of hydrogen-bond acceptors (Lipinski definition) is 5. The summed E-state index contributed by atoms with van der Waals surface area (Å²) in [5.41, 5.74) is 8.29. The molecule has 1 heterocycles. The van der Waals surface area contributed by atoms with Gasteiger partial charge >= 0.3 is 0 Å². The van der Waals surface area contributed by atoms with Crippen LogP contribution >= 0.6 is 39.5 Å². The van der Waals surface area contributed by atoms with E-state index in [9.17, 15) is 9.59 Å². The van der Waals surface area contributed by atoms with Crippen molar-refractivity contribution in [2.24, 2.45) is 11.7 Å². The molecule has 29 heavy (non-hydrogen) atoms. The average molecular weight is 496 g/mol. The van der Waals surface area contributed by atoms with Gasteiger partial charge in [-0.05, 0) is 67.6 Å². The summed E-state index contributed by atoms with van der Waals surface area (Å²) in [5.74, 6) is 0.151. The van der Waals surface area contributed by atoms with Crippen molar-refractivity contribution in [1.29, 1.82) is 0 Å². The molecule has 1 aliphatic carbocycles. The van der Waals surface area contributed by atoms with E-state index < -0.39 is 11.8 Å². The molecule has 9 heteroatoms. The second-order valence-electron chi connectivity index (χ2n) is 7.13. The van der Waals surface area contributed by atoms with Crippen LogP contribution in [0.25, 0.3) is 0 Å². The lowest BCUT2D eigenvalue weighted by Gasteiger charge is -2.18. The first-order valence-corrected chi connectivity index (χ1v) is 11.1. The number of aryl methyl sites for hydroxylation is 1. The van der Waals surface area contributed by atoms with Crippen LogP contribution in [0.5, 0.6) is 5.75 Å². The summed E-state index contributed by atoms with van der Waals surface area (Å²) in [6, 6.07) is 3.53. The normalized spacial score (nSPS) is 15.4. The van der Waals surface area contributed by atoms with Crippen LogP contribution in [0.2, 0.25) is 0 Å². The predicted octanol–water partition coefficient (Wildman–Crippen LogP) is 4.18. The van der Waals surface area contributed by atoms with Crippen LogP contribution < -0.4 is 21.1 Å². The number of fused-ring (bicyclic) bond motifs is 1. The molecule has 1 aliphatic rings. The van der Waals surface area contributed by atoms with E-state index in [1.807, 2.05) is 13.0 Å². The van der Waals surface area contributed by atoms with Gasteiger partial charge in [-0.3, -0.25) is 14.9 Å². The number of thiocarbonyl (C=S) groups is 1. The summed E-state index contributed by atoms with van der Waals surface area (Å²) >= 11 is 10.2. The van der Waals surface area contributed by atoms with Crippen molar-refractivity contribution in [1.82, 2.24) is 5.32 Å². The lowest BCUT2D eigenvalue weighted by Crippen LogP contribution is -2.34. The van der Waals surface area contributed by atoms with E-state index in [0.29, 0.717) is 27.8 Å². The maximum Gasteiger partial charge on any atom is 0.261 e.